The largest absolute Gasteiger partial charge is 0.464 e. The molecule has 4 aliphatic heterocycles. The van der Waals surface area contributed by atoms with E-state index in [1.165, 1.54) is 45.9 Å². The summed E-state index contributed by atoms with van der Waals surface area (Å²) in [6, 6.07) is 8.64. The van der Waals surface area contributed by atoms with E-state index >= 15 is 0 Å². The van der Waals surface area contributed by atoms with Crippen LogP contribution in [0.2, 0.25) is 0 Å². The van der Waals surface area contributed by atoms with Crippen LogP contribution in [0.15, 0.2) is 24.3 Å². The zero-order valence-electron chi connectivity index (χ0n) is 33.1. The van der Waals surface area contributed by atoms with Gasteiger partial charge in [-0.1, -0.05) is 107 Å². The summed E-state index contributed by atoms with van der Waals surface area (Å²) in [6.07, 6.45) is 1.80. The minimum atomic E-state index is -0.320. The van der Waals surface area contributed by atoms with Crippen molar-refractivity contribution in [1.29, 1.82) is 0 Å². The molecule has 16 heteroatoms. The Kier molecular flexibility index (Phi) is 19.1. The normalized spacial score (nSPS) is 21.1. The summed E-state index contributed by atoms with van der Waals surface area (Å²) in [7, 11) is 0. The summed E-state index contributed by atoms with van der Waals surface area (Å²) in [6.45, 7) is 16.8. The quantitative estimate of drug-likeness (QED) is 0.0994. The van der Waals surface area contributed by atoms with Gasteiger partial charge >= 0.3 is 0 Å². The fourth-order valence-corrected chi connectivity index (χ4v) is 8.25. The number of benzene rings is 2. The van der Waals surface area contributed by atoms with Gasteiger partial charge in [-0.2, -0.15) is 0 Å². The van der Waals surface area contributed by atoms with Gasteiger partial charge in [0, 0.05) is 89.7 Å². The topological polar surface area (TPSA) is 111 Å². The molecule has 0 atom stereocenters. The third-order valence-corrected chi connectivity index (χ3v) is 11.0. The van der Waals surface area contributed by atoms with Crippen LogP contribution in [0.4, 0.5) is 0 Å². The Morgan fingerprint density at radius 1 is 0.421 bits per heavy atom. The van der Waals surface area contributed by atoms with Crippen molar-refractivity contribution < 1.29 is 141 Å². The van der Waals surface area contributed by atoms with Crippen LogP contribution < -0.4 is 18.9 Å². The molecule has 0 aromatic heterocycles. The van der Waals surface area contributed by atoms with Gasteiger partial charge in [0.2, 0.25) is 0 Å². The van der Waals surface area contributed by atoms with E-state index in [-0.39, 0.29) is 128 Å². The molecule has 0 N–H and O–H groups in total. The van der Waals surface area contributed by atoms with Gasteiger partial charge < -0.3 is 56.8 Å². The molecule has 8 rings (SSSR count). The second-order valence-corrected chi connectivity index (χ2v) is 16.3. The van der Waals surface area contributed by atoms with Crippen molar-refractivity contribution in [2.75, 3.05) is 106 Å². The van der Waals surface area contributed by atoms with E-state index in [1.807, 2.05) is 0 Å². The smallest absolute Gasteiger partial charge is 0.186 e. The van der Waals surface area contributed by atoms with Crippen molar-refractivity contribution in [2.24, 2.45) is 0 Å². The van der Waals surface area contributed by atoms with E-state index in [0.717, 1.165) is 12.8 Å². The Morgan fingerprint density at radius 2 is 0.667 bits per heavy atom. The molecule has 2 aliphatic carbocycles. The van der Waals surface area contributed by atoms with Crippen LogP contribution in [-0.2, 0) is 138 Å². The van der Waals surface area contributed by atoms with Crippen molar-refractivity contribution >= 4 is 0 Å². The fourth-order valence-electron chi connectivity index (χ4n) is 8.25. The average molecular weight is 1470 g/mol. The number of fused-ring (bicyclic) bond motifs is 4. The van der Waals surface area contributed by atoms with Gasteiger partial charge in [-0.05, 0) is 70.2 Å². The van der Waals surface area contributed by atoms with Gasteiger partial charge in [0.1, 0.15) is 0 Å². The first kappa shape index (κ1) is 49.7. The number of hydrogen-bond donors (Lipinski definition) is 0. The summed E-state index contributed by atoms with van der Waals surface area (Å²) in [5.74, 6) is 7.40. The number of rotatable bonds is 20. The van der Waals surface area contributed by atoms with Gasteiger partial charge in [0.15, 0.2) is 50.2 Å². The SMILES string of the molecule is CC1(C)CC2(CC(C)(C)c3cc(OCOC[C-]4COC4)c(OCOC[C-]4COC4)cc32)c2cc(OCOC[C-]3COC3)c(OCOC[C-]3COC3)cc21.[W].[W].[W].[W]. The molecule has 12 nitrogen and oxygen atoms in total. The maximum absolute atomic E-state index is 6.35. The molecule has 1 spiro atoms. The monoisotopic (exact) mass is 1470 g/mol. The third-order valence-electron chi connectivity index (χ3n) is 11.0. The van der Waals surface area contributed by atoms with Gasteiger partial charge in [0.05, 0.1) is 0 Å². The molecular formula is C41H52O12W4-4. The summed E-state index contributed by atoms with van der Waals surface area (Å²) >= 11 is 0. The molecule has 6 aliphatic rings. The van der Waals surface area contributed by atoms with Gasteiger partial charge in [-0.15, -0.1) is 0 Å². The predicted octanol–water partition coefficient (Wildman–Crippen LogP) is 5.16. The molecule has 0 bridgehead atoms. The Hall–Kier alpha value is 0.0732. The van der Waals surface area contributed by atoms with Crippen molar-refractivity contribution in [3.63, 3.8) is 0 Å². The molecule has 4 fully saturated rings. The second kappa shape index (κ2) is 21.9. The van der Waals surface area contributed by atoms with Crippen molar-refractivity contribution in [1.82, 2.24) is 0 Å². The number of hydrogen-bond acceptors (Lipinski definition) is 12. The summed E-state index contributed by atoms with van der Waals surface area (Å²) in [5, 5.41) is 0. The van der Waals surface area contributed by atoms with Crippen LogP contribution in [0, 0.1) is 23.7 Å². The Labute approximate surface area is 394 Å². The van der Waals surface area contributed by atoms with Crippen LogP contribution >= 0.6 is 0 Å². The van der Waals surface area contributed by atoms with E-state index in [1.54, 1.807) is 0 Å². The Morgan fingerprint density at radius 3 is 0.895 bits per heavy atom. The summed E-state index contributed by atoms with van der Waals surface area (Å²) in [4.78, 5) is 0. The zero-order chi connectivity index (χ0) is 36.5. The average Bonchev–Trinajstić information content (AvgIpc) is 3.39. The second-order valence-electron chi connectivity index (χ2n) is 16.3. The summed E-state index contributed by atoms with van der Waals surface area (Å²) in [5.41, 5.74) is 4.25. The van der Waals surface area contributed by atoms with E-state index < -0.39 is 0 Å². The predicted molar refractivity (Wildman–Crippen MR) is 191 cm³/mol. The molecule has 0 unspecified atom stereocenters. The van der Waals surface area contributed by atoms with Crippen molar-refractivity contribution in [3.8, 4) is 23.0 Å². The minimum absolute atomic E-state index is 0. The van der Waals surface area contributed by atoms with Crippen LogP contribution in [0.5, 0.6) is 23.0 Å². The molecule has 4 heterocycles. The summed E-state index contributed by atoms with van der Waals surface area (Å²) < 4.78 is 69.8. The van der Waals surface area contributed by atoms with Crippen molar-refractivity contribution in [2.45, 2.75) is 56.8 Å². The Bertz CT molecular complexity index is 1460. The first-order valence-corrected chi connectivity index (χ1v) is 18.6. The molecule has 2 aromatic rings. The van der Waals surface area contributed by atoms with Gasteiger partial charge in [0.25, 0.3) is 0 Å². The first-order chi connectivity index (χ1) is 25.7. The molecule has 2 aromatic carbocycles. The molecule has 0 amide bonds. The van der Waals surface area contributed by atoms with E-state index in [0.29, 0.717) is 102 Å². The van der Waals surface area contributed by atoms with Crippen LogP contribution in [0.1, 0.15) is 62.8 Å². The molecule has 0 saturated carbocycles. The molecule has 57 heavy (non-hydrogen) atoms. The molecule has 4 saturated heterocycles. The van der Waals surface area contributed by atoms with Crippen LogP contribution in [0.3, 0.4) is 0 Å². The van der Waals surface area contributed by atoms with Gasteiger partial charge in [-0.25, -0.2) is 23.7 Å². The molecular weight excluding hydrogens is 1420 g/mol. The molecule has 316 valence electrons. The first-order valence-electron chi connectivity index (χ1n) is 18.6. The zero-order valence-corrected chi connectivity index (χ0v) is 44.8. The van der Waals surface area contributed by atoms with E-state index in [9.17, 15) is 0 Å². The number of ether oxygens (including phenoxy) is 12. The maximum Gasteiger partial charge on any atom is 0.186 e. The van der Waals surface area contributed by atoms with Crippen molar-refractivity contribution in [3.05, 3.63) is 70.2 Å². The fraction of sp³-hybridized carbons (Fsp3) is 0.610. The minimum Gasteiger partial charge on any atom is -0.464 e. The molecule has 0 radical (unpaired) electrons. The van der Waals surface area contributed by atoms with Crippen LogP contribution in [0.25, 0.3) is 0 Å². The van der Waals surface area contributed by atoms with E-state index in [2.05, 4.69) is 52.0 Å². The maximum atomic E-state index is 6.35. The third kappa shape index (κ3) is 11.4. The standard InChI is InChI=1S/C41H52O12.4W/c1-39(2)21-41(33-7-37(52-25-48-19-29-13-44-14-29)35(5-31(33)39)50-23-46-17-27-9-42-10-27)22-40(3,4)32-6-36(51-24-47-18-28-11-43-12-28)38(8-34(32)41)53-26-49-20-30-15-45-16-30;;;;/h5-8H,9-26H2,1-4H3;;;;/q-4;;;;. The van der Waals surface area contributed by atoms with E-state index in [4.69, 9.17) is 56.8 Å². The van der Waals surface area contributed by atoms with Gasteiger partial charge in [-0.3, -0.25) is 0 Å². The van der Waals surface area contributed by atoms with Crippen LogP contribution in [-0.4, -0.2) is 106 Å². The Balaban J connectivity index is 0.00000180.